The highest BCUT2D eigenvalue weighted by Crippen LogP contribution is 2.30. The summed E-state index contributed by atoms with van der Waals surface area (Å²) in [6.45, 7) is 3.08. The fraction of sp³-hybridized carbons (Fsp3) is 0.333. The van der Waals surface area contributed by atoms with Crippen molar-refractivity contribution >= 4 is 29.1 Å². The molecule has 2 aromatic rings. The number of amides is 1. The molecule has 1 saturated heterocycles. The lowest BCUT2D eigenvalue weighted by molar-refractivity contribution is 0.154. The topological polar surface area (TPSA) is 122 Å². The quantitative estimate of drug-likeness (QED) is 0.802. The van der Waals surface area contributed by atoms with E-state index in [9.17, 15) is 4.79 Å². The number of hydrogen-bond acceptors (Lipinski definition) is 8. The zero-order chi connectivity index (χ0) is 19.2. The van der Waals surface area contributed by atoms with Crippen LogP contribution in [0.4, 0.5) is 27.8 Å². The molecule has 27 heavy (non-hydrogen) atoms. The van der Waals surface area contributed by atoms with Gasteiger partial charge in [-0.15, -0.1) is 10.2 Å². The fourth-order valence-corrected chi connectivity index (χ4v) is 2.69. The van der Waals surface area contributed by atoms with Crippen LogP contribution in [0, 0.1) is 0 Å². The molecule has 3 rings (SSSR count). The Morgan fingerprint density at radius 2 is 1.81 bits per heavy atom. The van der Waals surface area contributed by atoms with E-state index in [0.29, 0.717) is 36.0 Å². The van der Waals surface area contributed by atoms with Crippen LogP contribution in [0.15, 0.2) is 46.6 Å². The first kappa shape index (κ1) is 18.6. The summed E-state index contributed by atoms with van der Waals surface area (Å²) in [5.41, 5.74) is 12.2. The molecule has 0 radical (unpaired) electrons. The van der Waals surface area contributed by atoms with Gasteiger partial charge in [-0.05, 0) is 44.3 Å². The highest BCUT2D eigenvalue weighted by molar-refractivity contribution is 5.73. The molecule has 0 saturated carbocycles. The van der Waals surface area contributed by atoms with Crippen LogP contribution in [-0.4, -0.2) is 54.1 Å². The van der Waals surface area contributed by atoms with Gasteiger partial charge >= 0.3 is 6.09 Å². The number of ether oxygens (including phenoxy) is 1. The number of para-hydroxylation sites is 1. The highest BCUT2D eigenvalue weighted by Gasteiger charge is 2.20. The maximum atomic E-state index is 12.5. The minimum absolute atomic E-state index is 0.182. The Balaban J connectivity index is 1.73. The zero-order valence-electron chi connectivity index (χ0n) is 15.2. The van der Waals surface area contributed by atoms with Gasteiger partial charge in [0.1, 0.15) is 17.2 Å². The van der Waals surface area contributed by atoms with Crippen molar-refractivity contribution in [2.24, 2.45) is 10.2 Å². The van der Waals surface area contributed by atoms with Gasteiger partial charge in [0.15, 0.2) is 11.6 Å². The third-order valence-corrected chi connectivity index (χ3v) is 4.23. The van der Waals surface area contributed by atoms with Crippen LogP contribution in [0.3, 0.4) is 0 Å². The average molecular weight is 369 g/mol. The number of hydrogen-bond donors (Lipinski definition) is 2. The van der Waals surface area contributed by atoms with E-state index in [1.54, 1.807) is 41.3 Å². The maximum absolute atomic E-state index is 12.5. The molecule has 0 bridgehead atoms. The summed E-state index contributed by atoms with van der Waals surface area (Å²) in [5, 5.41) is 8.25. The maximum Gasteiger partial charge on any atom is 0.415 e. The first-order chi connectivity index (χ1) is 13.0. The number of carbonyl (C=O) groups is 1. The molecule has 0 unspecified atom stereocenters. The summed E-state index contributed by atoms with van der Waals surface area (Å²) in [5.74, 6) is 0.830. The van der Waals surface area contributed by atoms with Gasteiger partial charge in [0.05, 0.1) is 0 Å². The number of aromatic nitrogens is 1. The Labute approximate surface area is 157 Å². The molecular formula is C18H23N7O2. The van der Waals surface area contributed by atoms with Crippen LogP contribution in [0.25, 0.3) is 0 Å². The molecule has 2 heterocycles. The first-order valence-electron chi connectivity index (χ1n) is 8.71. The Hall–Kier alpha value is -3.20. The molecule has 0 spiro atoms. The predicted molar refractivity (Wildman–Crippen MR) is 103 cm³/mol. The Bertz CT molecular complexity index is 840. The standard InChI is InChI=1S/C18H23N7O2/c1-24-9-4-10-25(12-11-24)18(26)27-15-6-3-2-5-13(15)22-23-14-7-8-16(19)21-17(14)20/h2-3,5-8H,4,9-12H2,1H3,(H4,19,20,21). The Morgan fingerprint density at radius 3 is 2.63 bits per heavy atom. The number of carbonyl (C=O) groups excluding carboxylic acids is 1. The number of nitrogen functional groups attached to an aromatic ring is 2. The van der Waals surface area contributed by atoms with Gasteiger partial charge in [-0.1, -0.05) is 12.1 Å². The van der Waals surface area contributed by atoms with E-state index in [1.165, 1.54) is 0 Å². The second-order valence-corrected chi connectivity index (χ2v) is 6.32. The van der Waals surface area contributed by atoms with E-state index in [-0.39, 0.29) is 11.9 Å². The largest absolute Gasteiger partial charge is 0.415 e. The second-order valence-electron chi connectivity index (χ2n) is 6.32. The van der Waals surface area contributed by atoms with Gasteiger partial charge in [-0.2, -0.15) is 0 Å². The molecule has 142 valence electrons. The van der Waals surface area contributed by atoms with Gasteiger partial charge < -0.3 is 26.0 Å². The summed E-state index contributed by atoms with van der Waals surface area (Å²) in [4.78, 5) is 20.4. The summed E-state index contributed by atoms with van der Waals surface area (Å²) in [6, 6.07) is 10.2. The summed E-state index contributed by atoms with van der Waals surface area (Å²) in [7, 11) is 2.04. The molecular weight excluding hydrogens is 346 g/mol. The van der Waals surface area contributed by atoms with E-state index in [0.717, 1.165) is 19.5 Å². The van der Waals surface area contributed by atoms with E-state index >= 15 is 0 Å². The van der Waals surface area contributed by atoms with Crippen LogP contribution in [0.5, 0.6) is 5.75 Å². The van der Waals surface area contributed by atoms with E-state index in [4.69, 9.17) is 16.2 Å². The van der Waals surface area contributed by atoms with Crippen LogP contribution < -0.4 is 16.2 Å². The number of anilines is 2. The smallest absolute Gasteiger partial charge is 0.408 e. The highest BCUT2D eigenvalue weighted by atomic mass is 16.6. The number of benzene rings is 1. The number of rotatable bonds is 3. The van der Waals surface area contributed by atoms with Crippen molar-refractivity contribution in [3.05, 3.63) is 36.4 Å². The number of nitrogens with zero attached hydrogens (tertiary/aromatic N) is 5. The summed E-state index contributed by atoms with van der Waals surface area (Å²) in [6.07, 6.45) is 0.526. The zero-order valence-corrected chi connectivity index (χ0v) is 15.2. The third kappa shape index (κ3) is 4.91. The van der Waals surface area contributed by atoms with Crippen molar-refractivity contribution in [1.29, 1.82) is 0 Å². The van der Waals surface area contributed by atoms with Gasteiger partial charge in [-0.3, -0.25) is 0 Å². The molecule has 1 aliphatic heterocycles. The van der Waals surface area contributed by atoms with Crippen molar-refractivity contribution < 1.29 is 9.53 Å². The lowest BCUT2D eigenvalue weighted by Gasteiger charge is -2.20. The molecule has 0 aliphatic carbocycles. The van der Waals surface area contributed by atoms with E-state index < -0.39 is 0 Å². The van der Waals surface area contributed by atoms with Crippen LogP contribution in [0.2, 0.25) is 0 Å². The number of azo groups is 1. The molecule has 9 heteroatoms. The van der Waals surface area contributed by atoms with Crippen molar-refractivity contribution in [1.82, 2.24) is 14.8 Å². The summed E-state index contributed by atoms with van der Waals surface area (Å²) >= 11 is 0. The van der Waals surface area contributed by atoms with Gasteiger partial charge in [-0.25, -0.2) is 9.78 Å². The molecule has 1 aromatic heterocycles. The minimum atomic E-state index is -0.387. The lowest BCUT2D eigenvalue weighted by Crippen LogP contribution is -2.36. The SMILES string of the molecule is CN1CCCN(C(=O)Oc2ccccc2N=Nc2ccc(N)nc2N)CC1. The molecule has 1 aromatic carbocycles. The molecule has 9 nitrogen and oxygen atoms in total. The van der Waals surface area contributed by atoms with Gasteiger partial charge in [0.25, 0.3) is 0 Å². The average Bonchev–Trinajstić information content (AvgIpc) is 2.87. The number of nitrogens with two attached hydrogens (primary N) is 2. The minimum Gasteiger partial charge on any atom is -0.408 e. The van der Waals surface area contributed by atoms with Crippen LogP contribution >= 0.6 is 0 Å². The van der Waals surface area contributed by atoms with Crippen molar-refractivity contribution in [3.8, 4) is 5.75 Å². The summed E-state index contributed by atoms with van der Waals surface area (Å²) < 4.78 is 5.56. The molecule has 1 aliphatic rings. The monoisotopic (exact) mass is 369 g/mol. The number of pyridine rings is 1. The molecule has 1 fully saturated rings. The third-order valence-electron chi connectivity index (χ3n) is 4.23. The second kappa shape index (κ2) is 8.45. The fourth-order valence-electron chi connectivity index (χ4n) is 2.69. The van der Waals surface area contributed by atoms with Crippen molar-refractivity contribution in [2.75, 3.05) is 44.7 Å². The van der Waals surface area contributed by atoms with Gasteiger partial charge in [0.2, 0.25) is 0 Å². The van der Waals surface area contributed by atoms with E-state index in [2.05, 4.69) is 20.1 Å². The number of likely N-dealkylation sites (N-methyl/N-ethyl adjacent to an activating group) is 1. The molecule has 1 amide bonds. The lowest BCUT2D eigenvalue weighted by atomic mass is 10.3. The predicted octanol–water partition coefficient (Wildman–Crippen LogP) is 2.80. The normalized spacial score (nSPS) is 15.7. The van der Waals surface area contributed by atoms with Crippen LogP contribution in [0.1, 0.15) is 6.42 Å². The van der Waals surface area contributed by atoms with Crippen LogP contribution in [-0.2, 0) is 0 Å². The van der Waals surface area contributed by atoms with Crippen molar-refractivity contribution in [2.45, 2.75) is 6.42 Å². The van der Waals surface area contributed by atoms with Crippen molar-refractivity contribution in [3.63, 3.8) is 0 Å². The van der Waals surface area contributed by atoms with Gasteiger partial charge in [0, 0.05) is 19.6 Å². The first-order valence-corrected chi connectivity index (χ1v) is 8.71. The van der Waals surface area contributed by atoms with E-state index in [1.807, 2.05) is 7.05 Å². The Kier molecular flexibility index (Phi) is 5.82. The molecule has 0 atom stereocenters. The Morgan fingerprint density at radius 1 is 1.04 bits per heavy atom. The molecule has 4 N–H and O–H groups in total.